The highest BCUT2D eigenvalue weighted by Gasteiger charge is 2.26. The molecule has 4 aromatic rings. The predicted molar refractivity (Wildman–Crippen MR) is 143 cm³/mol. The lowest BCUT2D eigenvalue weighted by atomic mass is 10.1. The number of rotatable bonds is 12. The second kappa shape index (κ2) is 12.7. The molecule has 2 aromatic heterocycles. The number of hydrogen-bond donors (Lipinski definition) is 1. The van der Waals surface area contributed by atoms with Crippen molar-refractivity contribution in [2.45, 2.75) is 45.1 Å². The van der Waals surface area contributed by atoms with Gasteiger partial charge >= 0.3 is 0 Å². The maximum atomic E-state index is 10.9. The van der Waals surface area contributed by atoms with E-state index in [1.165, 1.54) is 6.42 Å². The van der Waals surface area contributed by atoms with Gasteiger partial charge in [0.15, 0.2) is 0 Å². The molecule has 0 bridgehead atoms. The first-order chi connectivity index (χ1) is 18.3. The van der Waals surface area contributed by atoms with Gasteiger partial charge in [0.25, 0.3) is 0 Å². The fourth-order valence-corrected chi connectivity index (χ4v) is 4.88. The Bertz CT molecular complexity index is 1190. The van der Waals surface area contributed by atoms with Gasteiger partial charge in [-0.1, -0.05) is 65.8 Å². The van der Waals surface area contributed by atoms with E-state index < -0.39 is 6.10 Å². The number of aromatic nitrogens is 1. The molecule has 5 rings (SSSR count). The lowest BCUT2D eigenvalue weighted by molar-refractivity contribution is 0.00615. The summed E-state index contributed by atoms with van der Waals surface area (Å²) in [6.45, 7) is 4.19. The van der Waals surface area contributed by atoms with Gasteiger partial charge < -0.3 is 23.7 Å². The standard InChI is InChI=1S/C30H35N3O4/c34-26(23-35-22-24-11-4-1-5-12-24)19-32(20-27-15-10-18-36-27)21-28-29(25-13-6-2-7-14-25)31-37-30(28)33-16-8-3-9-17-33/h1-2,4-7,10-15,18,26,34H,3,8-9,16-17,19-23H2/t26-/m1/s1. The van der Waals surface area contributed by atoms with Gasteiger partial charge in [-0.3, -0.25) is 4.90 Å². The highest BCUT2D eigenvalue weighted by Crippen LogP contribution is 2.34. The van der Waals surface area contributed by atoms with Crippen molar-refractivity contribution in [3.8, 4) is 11.3 Å². The number of hydrogen-bond acceptors (Lipinski definition) is 7. The van der Waals surface area contributed by atoms with Crippen molar-refractivity contribution < 1.29 is 18.8 Å². The molecule has 1 N–H and O–H groups in total. The molecule has 7 heteroatoms. The molecule has 1 aliphatic heterocycles. The molecule has 0 amide bonds. The number of benzene rings is 2. The number of piperidine rings is 1. The Kier molecular flexibility index (Phi) is 8.69. The minimum Gasteiger partial charge on any atom is -0.468 e. The highest BCUT2D eigenvalue weighted by atomic mass is 16.5. The van der Waals surface area contributed by atoms with Crippen molar-refractivity contribution in [3.63, 3.8) is 0 Å². The fourth-order valence-electron chi connectivity index (χ4n) is 4.88. The summed E-state index contributed by atoms with van der Waals surface area (Å²) in [6, 6.07) is 24.0. The summed E-state index contributed by atoms with van der Waals surface area (Å²) >= 11 is 0. The number of anilines is 1. The maximum Gasteiger partial charge on any atom is 0.232 e. The second-order valence-corrected chi connectivity index (χ2v) is 9.63. The smallest absolute Gasteiger partial charge is 0.232 e. The molecule has 2 aromatic carbocycles. The van der Waals surface area contributed by atoms with Crippen LogP contribution in [0.1, 0.15) is 36.1 Å². The molecule has 0 aliphatic carbocycles. The van der Waals surface area contributed by atoms with Crippen molar-refractivity contribution in [3.05, 3.63) is 95.9 Å². The van der Waals surface area contributed by atoms with E-state index in [0.717, 1.165) is 60.0 Å². The topological polar surface area (TPSA) is 75.1 Å². The van der Waals surface area contributed by atoms with Gasteiger partial charge in [0.2, 0.25) is 5.88 Å². The van der Waals surface area contributed by atoms with Gasteiger partial charge in [0.1, 0.15) is 11.5 Å². The lowest BCUT2D eigenvalue weighted by Gasteiger charge is -2.29. The number of aliphatic hydroxyl groups is 1. The Labute approximate surface area is 218 Å². The van der Waals surface area contributed by atoms with E-state index in [1.807, 2.05) is 60.7 Å². The van der Waals surface area contributed by atoms with Crippen molar-refractivity contribution in [2.24, 2.45) is 0 Å². The summed E-state index contributed by atoms with van der Waals surface area (Å²) in [4.78, 5) is 4.49. The largest absolute Gasteiger partial charge is 0.468 e. The van der Waals surface area contributed by atoms with Gasteiger partial charge in [-0.15, -0.1) is 0 Å². The Morgan fingerprint density at radius 3 is 2.41 bits per heavy atom. The van der Waals surface area contributed by atoms with Crippen molar-refractivity contribution in [1.29, 1.82) is 0 Å². The van der Waals surface area contributed by atoms with Crippen LogP contribution in [-0.4, -0.2) is 47.5 Å². The third kappa shape index (κ3) is 6.89. The fraction of sp³-hybridized carbons (Fsp3) is 0.367. The molecule has 0 spiro atoms. The number of nitrogens with zero attached hydrogens (tertiary/aromatic N) is 3. The van der Waals surface area contributed by atoms with Gasteiger partial charge in [0.05, 0.1) is 37.7 Å². The predicted octanol–water partition coefficient (Wildman–Crippen LogP) is 5.50. The van der Waals surface area contributed by atoms with Crippen LogP contribution in [-0.2, 0) is 24.4 Å². The molecule has 194 valence electrons. The first-order valence-electron chi connectivity index (χ1n) is 13.1. The zero-order valence-electron chi connectivity index (χ0n) is 21.2. The van der Waals surface area contributed by atoms with Crippen LogP contribution >= 0.6 is 0 Å². The van der Waals surface area contributed by atoms with E-state index in [0.29, 0.717) is 26.2 Å². The quantitative estimate of drug-likeness (QED) is 0.275. The van der Waals surface area contributed by atoms with Crippen LogP contribution in [0, 0.1) is 0 Å². The van der Waals surface area contributed by atoms with E-state index in [2.05, 4.69) is 27.1 Å². The molecule has 37 heavy (non-hydrogen) atoms. The molecule has 0 unspecified atom stereocenters. The SMILES string of the molecule is O[C@@H](COCc1ccccc1)CN(Cc1ccco1)Cc1c(-c2ccccc2)noc1N1CCCCC1. The average Bonchev–Trinajstić information content (AvgIpc) is 3.60. The van der Waals surface area contributed by atoms with Crippen LogP contribution in [0.2, 0.25) is 0 Å². The molecule has 1 aliphatic rings. The second-order valence-electron chi connectivity index (χ2n) is 9.63. The van der Waals surface area contributed by atoms with E-state index in [1.54, 1.807) is 6.26 Å². The van der Waals surface area contributed by atoms with Crippen molar-refractivity contribution in [2.75, 3.05) is 31.1 Å². The first-order valence-corrected chi connectivity index (χ1v) is 13.1. The molecule has 1 fully saturated rings. The number of aliphatic hydroxyl groups excluding tert-OH is 1. The van der Waals surface area contributed by atoms with Crippen LogP contribution in [0.5, 0.6) is 0 Å². The van der Waals surface area contributed by atoms with E-state index >= 15 is 0 Å². The zero-order valence-corrected chi connectivity index (χ0v) is 21.2. The summed E-state index contributed by atoms with van der Waals surface area (Å²) in [5.74, 6) is 1.67. The molecule has 0 radical (unpaired) electrons. The Morgan fingerprint density at radius 2 is 1.68 bits per heavy atom. The average molecular weight is 502 g/mol. The van der Waals surface area contributed by atoms with E-state index in [4.69, 9.17) is 13.7 Å². The third-order valence-corrected chi connectivity index (χ3v) is 6.69. The Balaban J connectivity index is 1.34. The maximum absolute atomic E-state index is 10.9. The van der Waals surface area contributed by atoms with Crippen LogP contribution in [0.15, 0.2) is 88.0 Å². The molecule has 1 atom stereocenters. The summed E-state index contributed by atoms with van der Waals surface area (Å²) in [5.41, 5.74) is 4.00. The summed E-state index contributed by atoms with van der Waals surface area (Å²) in [7, 11) is 0. The summed E-state index contributed by atoms with van der Waals surface area (Å²) in [6.07, 6.45) is 4.56. The summed E-state index contributed by atoms with van der Waals surface area (Å²) < 4.78 is 17.5. The van der Waals surface area contributed by atoms with Crippen LogP contribution < -0.4 is 4.90 Å². The molecular weight excluding hydrogens is 466 g/mol. The Hall–Kier alpha value is -3.39. The number of furan rings is 1. The molecular formula is C30H35N3O4. The highest BCUT2D eigenvalue weighted by molar-refractivity contribution is 5.68. The normalized spacial score (nSPS) is 14.8. The zero-order chi connectivity index (χ0) is 25.3. The van der Waals surface area contributed by atoms with Crippen LogP contribution in [0.25, 0.3) is 11.3 Å². The van der Waals surface area contributed by atoms with Crippen molar-refractivity contribution in [1.82, 2.24) is 10.1 Å². The monoisotopic (exact) mass is 501 g/mol. The minimum atomic E-state index is -0.655. The summed E-state index contributed by atoms with van der Waals surface area (Å²) in [5, 5.41) is 15.4. The third-order valence-electron chi connectivity index (χ3n) is 6.69. The van der Waals surface area contributed by atoms with Gasteiger partial charge in [-0.2, -0.15) is 0 Å². The van der Waals surface area contributed by atoms with Gasteiger partial charge in [-0.05, 0) is 37.0 Å². The van der Waals surface area contributed by atoms with Gasteiger partial charge in [-0.25, -0.2) is 0 Å². The molecule has 7 nitrogen and oxygen atoms in total. The first kappa shape index (κ1) is 25.3. The van der Waals surface area contributed by atoms with E-state index in [9.17, 15) is 5.11 Å². The number of ether oxygens (including phenoxy) is 1. The Morgan fingerprint density at radius 1 is 0.919 bits per heavy atom. The van der Waals surface area contributed by atoms with Crippen LogP contribution in [0.3, 0.4) is 0 Å². The van der Waals surface area contributed by atoms with E-state index in [-0.39, 0.29) is 6.61 Å². The lowest BCUT2D eigenvalue weighted by Crippen LogP contribution is -2.35. The molecule has 3 heterocycles. The molecule has 1 saturated heterocycles. The minimum absolute atomic E-state index is 0.248. The van der Waals surface area contributed by atoms with Crippen molar-refractivity contribution >= 4 is 5.88 Å². The van der Waals surface area contributed by atoms with Crippen LogP contribution in [0.4, 0.5) is 5.88 Å². The molecule has 0 saturated carbocycles. The van der Waals surface area contributed by atoms with Gasteiger partial charge in [0, 0.05) is 31.7 Å².